The fourth-order valence-electron chi connectivity index (χ4n) is 3.03. The van der Waals surface area contributed by atoms with E-state index in [9.17, 15) is 9.59 Å². The van der Waals surface area contributed by atoms with Gasteiger partial charge in [-0.1, -0.05) is 71.6 Å². The molecule has 2 aromatic carbocycles. The van der Waals surface area contributed by atoms with Crippen LogP contribution in [-0.4, -0.2) is 23.7 Å². The number of hydrogen-bond donors (Lipinski definition) is 2. The number of Topliss-reactive ketones (excluding diaryl/α,β-unsaturated/α-hetero) is 2. The number of carbonyl (C=O) groups is 2. The van der Waals surface area contributed by atoms with E-state index in [1.54, 1.807) is 0 Å². The van der Waals surface area contributed by atoms with Gasteiger partial charge in [-0.15, -0.1) is 0 Å². The van der Waals surface area contributed by atoms with Crippen LogP contribution in [-0.2, 0) is 0 Å². The van der Waals surface area contributed by atoms with Gasteiger partial charge in [-0.3, -0.25) is 9.59 Å². The van der Waals surface area contributed by atoms with E-state index in [0.29, 0.717) is 24.3 Å². The van der Waals surface area contributed by atoms with E-state index in [1.807, 2.05) is 0 Å². The molecular formula is C20H22N8O2. The molecule has 4 N–H and O–H groups in total. The first-order valence-corrected chi connectivity index (χ1v) is 9.35. The normalized spacial score (nSPS) is 12.2. The van der Waals surface area contributed by atoms with E-state index < -0.39 is 17.1 Å². The van der Waals surface area contributed by atoms with E-state index in [0.717, 1.165) is 12.8 Å². The number of hydrogen-bond acceptors (Lipinski definition) is 6. The van der Waals surface area contributed by atoms with Crippen LogP contribution in [0.3, 0.4) is 0 Å². The molecule has 2 rings (SSSR count). The molecule has 154 valence electrons. The third-order valence-electron chi connectivity index (χ3n) is 4.66. The second-order valence-corrected chi connectivity index (χ2v) is 6.70. The first-order chi connectivity index (χ1) is 14.5. The Morgan fingerprint density at radius 3 is 1.60 bits per heavy atom. The Bertz CT molecular complexity index is 915. The van der Waals surface area contributed by atoms with Gasteiger partial charge >= 0.3 is 0 Å². The summed E-state index contributed by atoms with van der Waals surface area (Å²) in [6, 6.07) is 11.9. The zero-order valence-corrected chi connectivity index (χ0v) is 16.3. The molecule has 0 fully saturated rings. The monoisotopic (exact) mass is 406 g/mol. The number of rotatable bonds is 11. The fourth-order valence-corrected chi connectivity index (χ4v) is 3.03. The SMILES string of the molecule is [N-]=[N+]=Nc1ccc(C(=O)C(N)(CCCCCN)C(=O)c2ccc(N=[N+]=[N-])cc2)cc1. The van der Waals surface area contributed by atoms with Crippen LogP contribution < -0.4 is 11.5 Å². The summed E-state index contributed by atoms with van der Waals surface area (Å²) in [5.41, 5.74) is 28.4. The van der Waals surface area contributed by atoms with Gasteiger partial charge in [0.05, 0.1) is 0 Å². The van der Waals surface area contributed by atoms with Crippen molar-refractivity contribution in [1.29, 1.82) is 0 Å². The predicted molar refractivity (Wildman–Crippen MR) is 114 cm³/mol. The third-order valence-corrected chi connectivity index (χ3v) is 4.66. The predicted octanol–water partition coefficient (Wildman–Crippen LogP) is 4.85. The number of nitrogens with zero attached hydrogens (tertiary/aromatic N) is 6. The molecule has 0 heterocycles. The Labute approximate surface area is 173 Å². The average Bonchev–Trinajstić information content (AvgIpc) is 2.77. The molecule has 0 unspecified atom stereocenters. The van der Waals surface area contributed by atoms with Crippen LogP contribution in [0.2, 0.25) is 0 Å². The molecule has 0 aliphatic rings. The standard InChI is InChI=1S/C20H22N8O2/c21-13-3-1-2-12-20(22,18(29)14-4-8-16(9-5-14)25-27-23)19(30)15-6-10-17(11-7-15)26-28-24/h4-11H,1-3,12-13,21-22H2. The van der Waals surface area contributed by atoms with Crippen molar-refractivity contribution in [2.24, 2.45) is 21.7 Å². The number of ketones is 2. The summed E-state index contributed by atoms with van der Waals surface area (Å²) in [6.07, 6.45) is 2.21. The molecule has 2 aromatic rings. The van der Waals surface area contributed by atoms with Gasteiger partial charge in [0.15, 0.2) is 11.6 Å². The second-order valence-electron chi connectivity index (χ2n) is 6.70. The van der Waals surface area contributed by atoms with Gasteiger partial charge in [0.2, 0.25) is 0 Å². The molecule has 0 aromatic heterocycles. The van der Waals surface area contributed by atoms with E-state index in [1.165, 1.54) is 48.5 Å². The van der Waals surface area contributed by atoms with Gasteiger partial charge in [-0.2, -0.15) is 0 Å². The average molecular weight is 406 g/mol. The van der Waals surface area contributed by atoms with Gasteiger partial charge < -0.3 is 11.5 Å². The molecule has 10 nitrogen and oxygen atoms in total. The Morgan fingerprint density at radius 1 is 0.800 bits per heavy atom. The lowest BCUT2D eigenvalue weighted by Crippen LogP contribution is -2.55. The molecule has 0 aliphatic carbocycles. The summed E-state index contributed by atoms with van der Waals surface area (Å²) in [5, 5.41) is 6.94. The first-order valence-electron chi connectivity index (χ1n) is 9.35. The van der Waals surface area contributed by atoms with Crippen molar-refractivity contribution in [3.63, 3.8) is 0 Å². The van der Waals surface area contributed by atoms with Crippen molar-refractivity contribution >= 4 is 22.9 Å². The van der Waals surface area contributed by atoms with Crippen molar-refractivity contribution in [3.8, 4) is 0 Å². The highest BCUT2D eigenvalue weighted by atomic mass is 16.2. The highest BCUT2D eigenvalue weighted by molar-refractivity contribution is 6.23. The molecule has 0 aliphatic heterocycles. The van der Waals surface area contributed by atoms with Crippen molar-refractivity contribution in [2.75, 3.05) is 6.54 Å². The first kappa shape index (κ1) is 22.6. The number of azide groups is 2. The quantitative estimate of drug-likeness (QED) is 0.135. The molecule has 0 radical (unpaired) electrons. The number of carbonyl (C=O) groups excluding carboxylic acids is 2. The second kappa shape index (κ2) is 10.8. The van der Waals surface area contributed by atoms with Gasteiger partial charge in [-0.25, -0.2) is 0 Å². The van der Waals surface area contributed by atoms with E-state index in [4.69, 9.17) is 22.5 Å². The molecule has 30 heavy (non-hydrogen) atoms. The van der Waals surface area contributed by atoms with Crippen LogP contribution in [0.1, 0.15) is 46.4 Å². The third kappa shape index (κ3) is 5.44. The van der Waals surface area contributed by atoms with Crippen LogP contribution in [0.15, 0.2) is 58.8 Å². The van der Waals surface area contributed by atoms with Crippen LogP contribution in [0.4, 0.5) is 11.4 Å². The molecule has 0 spiro atoms. The van der Waals surface area contributed by atoms with E-state index in [2.05, 4.69) is 20.1 Å². The Kier molecular flexibility index (Phi) is 8.10. The summed E-state index contributed by atoms with van der Waals surface area (Å²) in [6.45, 7) is 0.515. The van der Waals surface area contributed by atoms with Gasteiger partial charge in [0, 0.05) is 32.3 Å². The summed E-state index contributed by atoms with van der Waals surface area (Å²) in [5.74, 6) is -1.04. The Hall–Kier alpha value is -3.68. The maximum atomic E-state index is 13.2. The summed E-state index contributed by atoms with van der Waals surface area (Å²) in [4.78, 5) is 31.9. The van der Waals surface area contributed by atoms with Crippen LogP contribution in [0.5, 0.6) is 0 Å². The van der Waals surface area contributed by atoms with Crippen molar-refractivity contribution < 1.29 is 9.59 Å². The van der Waals surface area contributed by atoms with E-state index >= 15 is 0 Å². The Balaban J connectivity index is 2.37. The maximum Gasteiger partial charge on any atom is 0.190 e. The molecular weight excluding hydrogens is 384 g/mol. The van der Waals surface area contributed by atoms with Crippen molar-refractivity contribution in [3.05, 3.63) is 80.5 Å². The highest BCUT2D eigenvalue weighted by Crippen LogP contribution is 2.26. The summed E-state index contributed by atoms with van der Waals surface area (Å²) >= 11 is 0. The number of unbranched alkanes of at least 4 members (excludes halogenated alkanes) is 2. The number of nitrogens with two attached hydrogens (primary N) is 2. The molecule has 0 bridgehead atoms. The zero-order valence-electron chi connectivity index (χ0n) is 16.3. The van der Waals surface area contributed by atoms with Crippen LogP contribution in [0.25, 0.3) is 20.9 Å². The topological polar surface area (TPSA) is 184 Å². The highest BCUT2D eigenvalue weighted by Gasteiger charge is 2.42. The van der Waals surface area contributed by atoms with Crippen LogP contribution >= 0.6 is 0 Å². The van der Waals surface area contributed by atoms with E-state index in [-0.39, 0.29) is 17.5 Å². The van der Waals surface area contributed by atoms with Gasteiger partial charge in [0.1, 0.15) is 5.54 Å². The largest absolute Gasteiger partial charge is 0.330 e. The van der Waals surface area contributed by atoms with Gasteiger partial charge in [0.25, 0.3) is 0 Å². The van der Waals surface area contributed by atoms with Crippen molar-refractivity contribution in [1.82, 2.24) is 0 Å². The fraction of sp³-hybridized carbons (Fsp3) is 0.300. The minimum atomic E-state index is -1.77. The molecule has 0 saturated heterocycles. The lowest BCUT2D eigenvalue weighted by molar-refractivity contribution is 0.0755. The van der Waals surface area contributed by atoms with Gasteiger partial charge in [-0.05, 0) is 30.4 Å². The minimum absolute atomic E-state index is 0.154. The lowest BCUT2D eigenvalue weighted by atomic mass is 9.79. The van der Waals surface area contributed by atoms with Crippen LogP contribution in [0, 0.1) is 0 Å². The minimum Gasteiger partial charge on any atom is -0.330 e. The summed E-state index contributed by atoms with van der Waals surface area (Å²) in [7, 11) is 0. The lowest BCUT2D eigenvalue weighted by Gasteiger charge is -2.27. The smallest absolute Gasteiger partial charge is 0.190 e. The molecule has 0 amide bonds. The maximum absolute atomic E-state index is 13.2. The van der Waals surface area contributed by atoms with Crippen molar-refractivity contribution in [2.45, 2.75) is 31.2 Å². The number of benzene rings is 2. The summed E-state index contributed by atoms with van der Waals surface area (Å²) < 4.78 is 0. The molecule has 0 saturated carbocycles. The zero-order chi connectivity index (χ0) is 22.0. The molecule has 10 heteroatoms. The Morgan fingerprint density at radius 2 is 1.23 bits per heavy atom. The molecule has 0 atom stereocenters.